The van der Waals surface area contributed by atoms with Crippen LogP contribution in [0.2, 0.25) is 0 Å². The largest absolute Gasteiger partial charge is 0.354 e. The lowest BCUT2D eigenvalue weighted by atomic mass is 10.0. The Morgan fingerprint density at radius 3 is 2.35 bits per heavy atom. The molecule has 0 aliphatic heterocycles. The highest BCUT2D eigenvalue weighted by Crippen LogP contribution is 2.31. The monoisotopic (exact) mass is 257 g/mol. The van der Waals surface area contributed by atoms with E-state index in [1.807, 2.05) is 0 Å². The first-order valence-electron chi connectivity index (χ1n) is 6.89. The number of hydrogen-bond donors (Lipinski definition) is 1. The van der Waals surface area contributed by atoms with Gasteiger partial charge in [0.15, 0.2) is 0 Å². The molecule has 0 amide bonds. The van der Waals surface area contributed by atoms with Gasteiger partial charge in [-0.15, -0.1) is 0 Å². The van der Waals surface area contributed by atoms with Crippen molar-refractivity contribution in [3.63, 3.8) is 0 Å². The average molecular weight is 257 g/mol. The molecule has 1 heteroatoms. The minimum Gasteiger partial charge on any atom is -0.354 e. The van der Waals surface area contributed by atoms with Gasteiger partial charge in [0.05, 0.1) is 0 Å². The van der Waals surface area contributed by atoms with Gasteiger partial charge in [-0.1, -0.05) is 54.6 Å². The highest BCUT2D eigenvalue weighted by Gasteiger charge is 2.09. The van der Waals surface area contributed by atoms with E-state index in [1.165, 1.54) is 38.5 Å². The van der Waals surface area contributed by atoms with Crippen LogP contribution in [-0.2, 0) is 0 Å². The first kappa shape index (κ1) is 11.3. The molecule has 4 rings (SSSR count). The number of hydrogen-bond acceptors (Lipinski definition) is 0. The van der Waals surface area contributed by atoms with Crippen LogP contribution in [0.15, 0.2) is 66.7 Å². The highest BCUT2D eigenvalue weighted by molar-refractivity contribution is 5.93. The quantitative estimate of drug-likeness (QED) is 0.476. The van der Waals surface area contributed by atoms with Crippen LogP contribution in [0.25, 0.3) is 32.9 Å². The average Bonchev–Trinajstić information content (AvgIpc) is 2.84. The second kappa shape index (κ2) is 4.24. The van der Waals surface area contributed by atoms with E-state index in [9.17, 15) is 0 Å². The van der Waals surface area contributed by atoms with Crippen LogP contribution in [0.5, 0.6) is 0 Å². The first-order chi connectivity index (χ1) is 9.83. The van der Waals surface area contributed by atoms with Crippen molar-refractivity contribution in [3.8, 4) is 11.3 Å². The summed E-state index contributed by atoms with van der Waals surface area (Å²) < 4.78 is 0. The van der Waals surface area contributed by atoms with Crippen LogP contribution in [0, 0.1) is 6.92 Å². The van der Waals surface area contributed by atoms with Crippen LogP contribution in [0.1, 0.15) is 5.56 Å². The Kier molecular flexibility index (Phi) is 2.40. The Morgan fingerprint density at radius 2 is 1.50 bits per heavy atom. The summed E-state index contributed by atoms with van der Waals surface area (Å²) in [5.41, 5.74) is 4.98. The molecule has 1 N–H and O–H groups in total. The SMILES string of the molecule is Cc1c(-c2ccc3ccccc3c2)[nH]c2ccccc12. The summed E-state index contributed by atoms with van der Waals surface area (Å²) in [5.74, 6) is 0. The van der Waals surface area contributed by atoms with Crippen molar-refractivity contribution in [3.05, 3.63) is 72.3 Å². The standard InChI is InChI=1S/C19H15N/c1-13-17-8-4-5-9-18(17)20-19(13)16-11-10-14-6-2-3-7-15(14)12-16/h2-12,20H,1H3. The van der Waals surface area contributed by atoms with Gasteiger partial charge in [0, 0.05) is 16.6 Å². The molecule has 0 fully saturated rings. The Morgan fingerprint density at radius 1 is 0.750 bits per heavy atom. The van der Waals surface area contributed by atoms with Crippen molar-refractivity contribution < 1.29 is 0 Å². The summed E-state index contributed by atoms with van der Waals surface area (Å²) in [4.78, 5) is 3.54. The van der Waals surface area contributed by atoms with E-state index >= 15 is 0 Å². The Bertz CT molecular complexity index is 915. The zero-order valence-electron chi connectivity index (χ0n) is 11.4. The number of nitrogens with one attached hydrogen (secondary N) is 1. The predicted molar refractivity (Wildman–Crippen MR) is 86.0 cm³/mol. The van der Waals surface area contributed by atoms with Gasteiger partial charge in [-0.05, 0) is 41.0 Å². The molecular weight excluding hydrogens is 242 g/mol. The minimum absolute atomic E-state index is 1.20. The molecule has 0 bridgehead atoms. The van der Waals surface area contributed by atoms with E-state index in [-0.39, 0.29) is 0 Å². The third kappa shape index (κ3) is 1.64. The number of aromatic nitrogens is 1. The molecule has 20 heavy (non-hydrogen) atoms. The third-order valence-electron chi connectivity index (χ3n) is 4.00. The molecule has 1 heterocycles. The van der Waals surface area contributed by atoms with Gasteiger partial charge < -0.3 is 4.98 Å². The van der Waals surface area contributed by atoms with Crippen LogP contribution < -0.4 is 0 Å². The smallest absolute Gasteiger partial charge is 0.0494 e. The summed E-state index contributed by atoms with van der Waals surface area (Å²) in [5, 5.41) is 3.86. The fourth-order valence-electron chi connectivity index (χ4n) is 2.92. The highest BCUT2D eigenvalue weighted by atomic mass is 14.7. The van der Waals surface area contributed by atoms with Crippen molar-refractivity contribution in [1.29, 1.82) is 0 Å². The van der Waals surface area contributed by atoms with Gasteiger partial charge in [-0.25, -0.2) is 0 Å². The lowest BCUT2D eigenvalue weighted by molar-refractivity contribution is 1.41. The number of aromatic amines is 1. The van der Waals surface area contributed by atoms with Gasteiger partial charge in [0.25, 0.3) is 0 Å². The van der Waals surface area contributed by atoms with Gasteiger partial charge in [-0.3, -0.25) is 0 Å². The normalized spacial score (nSPS) is 11.2. The molecule has 0 atom stereocenters. The van der Waals surface area contributed by atoms with Gasteiger partial charge >= 0.3 is 0 Å². The Labute approximate surface area is 117 Å². The van der Waals surface area contributed by atoms with Crippen molar-refractivity contribution in [2.24, 2.45) is 0 Å². The van der Waals surface area contributed by atoms with Crippen molar-refractivity contribution in [1.82, 2.24) is 4.98 Å². The maximum Gasteiger partial charge on any atom is 0.0494 e. The van der Waals surface area contributed by atoms with Crippen molar-refractivity contribution >= 4 is 21.7 Å². The number of rotatable bonds is 1. The maximum absolute atomic E-state index is 3.54. The summed E-state index contributed by atoms with van der Waals surface area (Å²) >= 11 is 0. The van der Waals surface area contributed by atoms with Crippen molar-refractivity contribution in [2.45, 2.75) is 6.92 Å². The van der Waals surface area contributed by atoms with E-state index in [0.29, 0.717) is 0 Å². The minimum atomic E-state index is 1.20. The molecule has 3 aromatic carbocycles. The zero-order valence-corrected chi connectivity index (χ0v) is 11.4. The van der Waals surface area contributed by atoms with Crippen LogP contribution in [-0.4, -0.2) is 4.98 Å². The number of benzene rings is 3. The van der Waals surface area contributed by atoms with Gasteiger partial charge in [-0.2, -0.15) is 0 Å². The number of H-pyrrole nitrogens is 1. The van der Waals surface area contributed by atoms with Gasteiger partial charge in [0.2, 0.25) is 0 Å². The molecule has 96 valence electrons. The second-order valence-electron chi connectivity index (χ2n) is 5.23. The van der Waals surface area contributed by atoms with Gasteiger partial charge in [0.1, 0.15) is 0 Å². The zero-order chi connectivity index (χ0) is 13.5. The number of aryl methyl sites for hydroxylation is 1. The molecule has 0 saturated heterocycles. The molecule has 0 saturated carbocycles. The molecule has 0 aliphatic rings. The van der Waals surface area contributed by atoms with E-state index in [0.717, 1.165) is 0 Å². The molecule has 0 aliphatic carbocycles. The van der Waals surface area contributed by atoms with E-state index in [2.05, 4.69) is 78.6 Å². The Balaban J connectivity index is 1.98. The lowest BCUT2D eigenvalue weighted by Crippen LogP contribution is -1.81. The van der Waals surface area contributed by atoms with Crippen LogP contribution >= 0.6 is 0 Å². The number of fused-ring (bicyclic) bond motifs is 2. The van der Waals surface area contributed by atoms with E-state index < -0.39 is 0 Å². The number of para-hydroxylation sites is 1. The molecule has 4 aromatic rings. The fraction of sp³-hybridized carbons (Fsp3) is 0.0526. The van der Waals surface area contributed by atoms with E-state index in [4.69, 9.17) is 0 Å². The summed E-state index contributed by atoms with van der Waals surface area (Å²) in [6.07, 6.45) is 0. The third-order valence-corrected chi connectivity index (χ3v) is 4.00. The lowest BCUT2D eigenvalue weighted by Gasteiger charge is -2.03. The first-order valence-corrected chi connectivity index (χ1v) is 6.89. The maximum atomic E-state index is 3.54. The molecule has 0 spiro atoms. The summed E-state index contributed by atoms with van der Waals surface area (Å²) in [6, 6.07) is 23.6. The molecule has 0 unspecified atom stereocenters. The predicted octanol–water partition coefficient (Wildman–Crippen LogP) is 5.30. The summed E-state index contributed by atoms with van der Waals surface area (Å²) in [7, 11) is 0. The molecule has 1 nitrogen and oxygen atoms in total. The molecular formula is C19H15N. The van der Waals surface area contributed by atoms with E-state index in [1.54, 1.807) is 0 Å². The molecule has 0 radical (unpaired) electrons. The summed E-state index contributed by atoms with van der Waals surface area (Å²) in [6.45, 7) is 2.18. The fourth-order valence-corrected chi connectivity index (χ4v) is 2.92. The molecule has 1 aromatic heterocycles. The Hall–Kier alpha value is -2.54. The van der Waals surface area contributed by atoms with Crippen LogP contribution in [0.3, 0.4) is 0 Å². The topological polar surface area (TPSA) is 15.8 Å². The van der Waals surface area contributed by atoms with Crippen molar-refractivity contribution in [2.75, 3.05) is 0 Å². The second-order valence-corrected chi connectivity index (χ2v) is 5.23. The van der Waals surface area contributed by atoms with Crippen LogP contribution in [0.4, 0.5) is 0 Å².